The summed E-state index contributed by atoms with van der Waals surface area (Å²) in [4.78, 5) is 2.11. The van der Waals surface area contributed by atoms with Crippen LogP contribution < -0.4 is 4.72 Å². The van der Waals surface area contributed by atoms with Gasteiger partial charge in [0, 0.05) is 38.8 Å². The van der Waals surface area contributed by atoms with E-state index in [1.807, 2.05) is 24.3 Å². The lowest BCUT2D eigenvalue weighted by atomic mass is 10.0. The third kappa shape index (κ3) is 4.65. The van der Waals surface area contributed by atoms with Crippen LogP contribution in [0.1, 0.15) is 12.0 Å². The van der Waals surface area contributed by atoms with Gasteiger partial charge < -0.3 is 5.11 Å². The maximum Gasteiger partial charge on any atom is 0.279 e. The number of hydrogen-bond acceptors (Lipinski definition) is 4. The van der Waals surface area contributed by atoms with Crippen molar-refractivity contribution in [1.29, 1.82) is 0 Å². The molecule has 1 saturated heterocycles. The van der Waals surface area contributed by atoms with Gasteiger partial charge in [-0.05, 0) is 24.1 Å². The van der Waals surface area contributed by atoms with Gasteiger partial charge in [-0.3, -0.25) is 4.90 Å². The number of aliphatic hydroxyl groups is 1. The molecule has 0 amide bonds. The average Bonchev–Trinajstić information content (AvgIpc) is 2.44. The molecule has 8 heteroatoms. The molecule has 0 unspecified atom stereocenters. The summed E-state index contributed by atoms with van der Waals surface area (Å²) in [5.41, 5.74) is 1.11. The summed E-state index contributed by atoms with van der Waals surface area (Å²) in [5.74, 6) is 0. The van der Waals surface area contributed by atoms with Gasteiger partial charge in [0.1, 0.15) is 0 Å². The third-order valence-corrected chi connectivity index (χ3v) is 5.58. The Morgan fingerprint density at radius 2 is 2.00 bits per heavy atom. The molecule has 1 aliphatic heterocycles. The predicted octanol–water partition coefficient (Wildman–Crippen LogP) is 0.671. The molecule has 124 valence electrons. The van der Waals surface area contributed by atoms with Crippen LogP contribution in [0.15, 0.2) is 24.3 Å². The highest BCUT2D eigenvalue weighted by Gasteiger charge is 2.31. The molecule has 2 atom stereocenters. The number of aliphatic hydroxyl groups excluding tert-OH is 1. The van der Waals surface area contributed by atoms with Gasteiger partial charge in [-0.25, -0.2) is 0 Å². The van der Waals surface area contributed by atoms with E-state index in [1.54, 1.807) is 0 Å². The van der Waals surface area contributed by atoms with Crippen molar-refractivity contribution in [3.8, 4) is 0 Å². The van der Waals surface area contributed by atoms with E-state index < -0.39 is 22.4 Å². The molecule has 0 saturated carbocycles. The molecule has 2 rings (SSSR count). The molecule has 22 heavy (non-hydrogen) atoms. The Morgan fingerprint density at radius 3 is 2.55 bits per heavy atom. The number of rotatable bonds is 5. The van der Waals surface area contributed by atoms with Crippen molar-refractivity contribution in [1.82, 2.24) is 13.9 Å². The zero-order chi connectivity index (χ0) is 16.3. The van der Waals surface area contributed by atoms with Crippen molar-refractivity contribution in [3.05, 3.63) is 34.9 Å². The van der Waals surface area contributed by atoms with E-state index in [-0.39, 0.29) is 0 Å². The third-order valence-electron chi connectivity index (χ3n) is 3.77. The maximum atomic E-state index is 11.8. The van der Waals surface area contributed by atoms with E-state index in [0.717, 1.165) is 16.4 Å². The predicted molar refractivity (Wildman–Crippen MR) is 86.9 cm³/mol. The van der Waals surface area contributed by atoms with E-state index in [1.165, 1.54) is 14.1 Å². The van der Waals surface area contributed by atoms with E-state index in [4.69, 9.17) is 11.6 Å². The number of nitrogens with zero attached hydrogens (tertiary/aromatic N) is 2. The Labute approximate surface area is 136 Å². The summed E-state index contributed by atoms with van der Waals surface area (Å²) in [7, 11) is -0.596. The first-order valence-corrected chi connectivity index (χ1v) is 8.94. The van der Waals surface area contributed by atoms with Gasteiger partial charge in [0.05, 0.1) is 12.1 Å². The molecular formula is C14H22ClN3O3S. The molecular weight excluding hydrogens is 326 g/mol. The van der Waals surface area contributed by atoms with Crippen molar-refractivity contribution < 1.29 is 13.5 Å². The van der Waals surface area contributed by atoms with Crippen LogP contribution >= 0.6 is 11.6 Å². The van der Waals surface area contributed by atoms with Gasteiger partial charge in [0.15, 0.2) is 0 Å². The standard InChI is InChI=1S/C14H22ClN3O3S/c1-17(2)22(20,21)16-13-7-8-18(10-14(13)19)9-11-3-5-12(15)6-4-11/h3-6,13-14,16,19H,7-10H2,1-2H3/t13-,14-/m1/s1. The van der Waals surface area contributed by atoms with Gasteiger partial charge in [0.2, 0.25) is 0 Å². The molecule has 0 bridgehead atoms. The molecule has 6 nitrogen and oxygen atoms in total. The summed E-state index contributed by atoms with van der Waals surface area (Å²) in [6, 6.07) is 7.13. The first-order chi connectivity index (χ1) is 10.3. The lowest BCUT2D eigenvalue weighted by Crippen LogP contribution is -2.55. The number of piperidine rings is 1. The summed E-state index contributed by atoms with van der Waals surface area (Å²) < 4.78 is 27.3. The molecule has 0 aliphatic carbocycles. The smallest absolute Gasteiger partial charge is 0.279 e. The van der Waals surface area contributed by atoms with Crippen molar-refractivity contribution >= 4 is 21.8 Å². The highest BCUT2D eigenvalue weighted by molar-refractivity contribution is 7.87. The van der Waals surface area contributed by atoms with Crippen molar-refractivity contribution in [2.45, 2.75) is 25.1 Å². The summed E-state index contributed by atoms with van der Waals surface area (Å²) in [6.07, 6.45) is -0.155. The normalized spacial score (nSPS) is 23.9. The van der Waals surface area contributed by atoms with Crippen LogP contribution in [-0.4, -0.2) is 62.1 Å². The second kappa shape index (κ2) is 7.25. The van der Waals surface area contributed by atoms with Crippen LogP contribution in [0.4, 0.5) is 0 Å². The van der Waals surface area contributed by atoms with Crippen LogP contribution in [0.2, 0.25) is 5.02 Å². The van der Waals surface area contributed by atoms with Gasteiger partial charge >= 0.3 is 0 Å². The lowest BCUT2D eigenvalue weighted by molar-refractivity contribution is 0.0441. The molecule has 1 fully saturated rings. The molecule has 0 spiro atoms. The van der Waals surface area contributed by atoms with Gasteiger partial charge in [-0.15, -0.1) is 0 Å². The van der Waals surface area contributed by atoms with E-state index in [0.29, 0.717) is 24.5 Å². The Kier molecular flexibility index (Phi) is 5.81. The molecule has 1 heterocycles. The van der Waals surface area contributed by atoms with E-state index in [2.05, 4.69) is 9.62 Å². The summed E-state index contributed by atoms with van der Waals surface area (Å²) >= 11 is 5.86. The largest absolute Gasteiger partial charge is 0.390 e. The fourth-order valence-corrected chi connectivity index (χ4v) is 3.42. The van der Waals surface area contributed by atoms with Gasteiger partial charge in [-0.1, -0.05) is 23.7 Å². The minimum absolute atomic E-state index is 0.434. The molecule has 0 aromatic heterocycles. The topological polar surface area (TPSA) is 72.9 Å². The summed E-state index contributed by atoms with van der Waals surface area (Å²) in [6.45, 7) is 1.87. The van der Waals surface area contributed by atoms with Crippen molar-refractivity contribution in [2.75, 3.05) is 27.2 Å². The molecule has 1 aromatic carbocycles. The van der Waals surface area contributed by atoms with Crippen molar-refractivity contribution in [3.63, 3.8) is 0 Å². The zero-order valence-electron chi connectivity index (χ0n) is 12.7. The average molecular weight is 348 g/mol. The minimum Gasteiger partial charge on any atom is -0.390 e. The Morgan fingerprint density at radius 1 is 1.36 bits per heavy atom. The molecule has 0 radical (unpaired) electrons. The first kappa shape index (κ1) is 17.7. The zero-order valence-corrected chi connectivity index (χ0v) is 14.3. The lowest BCUT2D eigenvalue weighted by Gasteiger charge is -2.36. The number of halogens is 1. The minimum atomic E-state index is -3.52. The number of benzene rings is 1. The van der Waals surface area contributed by atoms with Crippen LogP contribution in [0.5, 0.6) is 0 Å². The van der Waals surface area contributed by atoms with Crippen LogP contribution in [-0.2, 0) is 16.8 Å². The molecule has 2 N–H and O–H groups in total. The second-order valence-electron chi connectivity index (χ2n) is 5.73. The fourth-order valence-electron chi connectivity index (χ4n) is 2.42. The van der Waals surface area contributed by atoms with Crippen molar-refractivity contribution in [2.24, 2.45) is 0 Å². The first-order valence-electron chi connectivity index (χ1n) is 7.12. The summed E-state index contributed by atoms with van der Waals surface area (Å²) in [5, 5.41) is 10.9. The number of β-amino-alcohol motifs (C(OH)–C–C–N with tert-alkyl or cyclic N) is 1. The monoisotopic (exact) mass is 347 g/mol. The van der Waals surface area contributed by atoms with Crippen LogP contribution in [0, 0.1) is 0 Å². The van der Waals surface area contributed by atoms with Gasteiger partial charge in [0.25, 0.3) is 10.2 Å². The second-order valence-corrected chi connectivity index (χ2v) is 8.08. The van der Waals surface area contributed by atoms with Gasteiger partial charge in [-0.2, -0.15) is 17.4 Å². The van der Waals surface area contributed by atoms with E-state index >= 15 is 0 Å². The fraction of sp³-hybridized carbons (Fsp3) is 0.571. The maximum absolute atomic E-state index is 11.8. The van der Waals surface area contributed by atoms with Crippen LogP contribution in [0.25, 0.3) is 0 Å². The Balaban J connectivity index is 1.91. The number of nitrogens with one attached hydrogen (secondary N) is 1. The van der Waals surface area contributed by atoms with Crippen LogP contribution in [0.3, 0.4) is 0 Å². The quantitative estimate of drug-likeness (QED) is 0.821. The highest BCUT2D eigenvalue weighted by Crippen LogP contribution is 2.17. The number of hydrogen-bond donors (Lipinski definition) is 2. The van der Waals surface area contributed by atoms with E-state index in [9.17, 15) is 13.5 Å². The SMILES string of the molecule is CN(C)S(=O)(=O)N[C@@H]1CCN(Cc2ccc(Cl)cc2)C[C@H]1O. The highest BCUT2D eigenvalue weighted by atomic mass is 35.5. The molecule has 1 aromatic rings. The Hall–Kier alpha value is -0.700. The Bertz CT molecular complexity index is 592. The number of likely N-dealkylation sites (tertiary alicyclic amines) is 1. The molecule has 1 aliphatic rings.